The third kappa shape index (κ3) is 1.44. The van der Waals surface area contributed by atoms with Crippen LogP contribution in [0.2, 0.25) is 0 Å². The van der Waals surface area contributed by atoms with Gasteiger partial charge >= 0.3 is 0 Å². The summed E-state index contributed by atoms with van der Waals surface area (Å²) < 4.78 is 5.19. The van der Waals surface area contributed by atoms with Crippen LogP contribution < -0.4 is 0 Å². The number of nitriles is 1. The van der Waals surface area contributed by atoms with Crippen molar-refractivity contribution < 1.29 is 9.84 Å². The maximum atomic E-state index is 10.1. The maximum Gasteiger partial charge on any atom is 0.113 e. The molecular weight excluding hydrogens is 198 g/mol. The second-order valence-corrected chi connectivity index (χ2v) is 4.47. The smallest absolute Gasteiger partial charge is 0.113 e. The second kappa shape index (κ2) is 3.70. The number of hydrogen-bond donors (Lipinski definition) is 1. The Bertz CT molecular complexity index is 336. The lowest BCUT2D eigenvalue weighted by atomic mass is 9.82. The summed E-state index contributed by atoms with van der Waals surface area (Å²) in [5.74, 6) is 0. The maximum absolute atomic E-state index is 10.1. The molecule has 2 atom stereocenters. The van der Waals surface area contributed by atoms with Crippen LogP contribution in [0.5, 0.6) is 0 Å². The zero-order valence-corrected chi connectivity index (χ0v) is 8.46. The molecule has 0 spiro atoms. The van der Waals surface area contributed by atoms with Crippen molar-refractivity contribution >= 4 is 11.3 Å². The topological polar surface area (TPSA) is 53.2 Å². The molecule has 0 bridgehead atoms. The summed E-state index contributed by atoms with van der Waals surface area (Å²) >= 11 is 1.48. The van der Waals surface area contributed by atoms with Crippen LogP contribution >= 0.6 is 11.3 Å². The van der Waals surface area contributed by atoms with E-state index in [-0.39, 0.29) is 0 Å². The van der Waals surface area contributed by atoms with Gasteiger partial charge in [-0.1, -0.05) is 6.07 Å². The summed E-state index contributed by atoms with van der Waals surface area (Å²) in [6.07, 6.45) is -0.0993. The van der Waals surface area contributed by atoms with Gasteiger partial charge in [-0.2, -0.15) is 5.26 Å². The van der Waals surface area contributed by atoms with Crippen molar-refractivity contribution in [1.29, 1.82) is 5.26 Å². The molecule has 1 aromatic rings. The highest BCUT2D eigenvalue weighted by atomic mass is 32.1. The van der Waals surface area contributed by atoms with E-state index in [4.69, 9.17) is 10.00 Å². The fourth-order valence-electron chi connectivity index (χ4n) is 1.66. The summed E-state index contributed by atoms with van der Waals surface area (Å²) in [5, 5.41) is 21.1. The van der Waals surface area contributed by atoms with Crippen molar-refractivity contribution in [2.75, 3.05) is 13.2 Å². The highest BCUT2D eigenvalue weighted by Gasteiger charge is 2.43. The van der Waals surface area contributed by atoms with Gasteiger partial charge in [-0.05, 0) is 17.9 Å². The number of aliphatic hydroxyl groups is 1. The van der Waals surface area contributed by atoms with Gasteiger partial charge in [-0.3, -0.25) is 0 Å². The fourth-order valence-corrected chi connectivity index (χ4v) is 2.49. The molecule has 4 heteroatoms. The summed E-state index contributed by atoms with van der Waals surface area (Å²) in [5.41, 5.74) is -0.731. The average molecular weight is 209 g/mol. The molecule has 0 radical (unpaired) electrons. The normalized spacial score (nSPS) is 28.6. The third-order valence-electron chi connectivity index (χ3n) is 2.61. The van der Waals surface area contributed by atoms with Gasteiger partial charge in [0.15, 0.2) is 0 Å². The number of thiophene rings is 1. The van der Waals surface area contributed by atoms with Crippen LogP contribution in [-0.4, -0.2) is 18.3 Å². The number of aliphatic hydroxyl groups excluding tert-OH is 1. The molecule has 3 nitrogen and oxygen atoms in total. The predicted molar refractivity (Wildman–Crippen MR) is 52.8 cm³/mol. The Morgan fingerprint density at radius 1 is 1.71 bits per heavy atom. The molecule has 1 aliphatic rings. The molecule has 2 heterocycles. The molecule has 0 saturated carbocycles. The molecule has 0 aliphatic carbocycles. The first-order valence-electron chi connectivity index (χ1n) is 4.49. The van der Waals surface area contributed by atoms with Crippen LogP contribution in [-0.2, 0) is 4.74 Å². The fraction of sp³-hybridized carbons (Fsp3) is 0.500. The van der Waals surface area contributed by atoms with E-state index >= 15 is 0 Å². The Kier molecular flexibility index (Phi) is 2.55. The Hall–Kier alpha value is -0.890. The molecule has 1 N–H and O–H groups in total. The molecule has 74 valence electrons. The van der Waals surface area contributed by atoms with E-state index in [0.717, 1.165) is 4.88 Å². The van der Waals surface area contributed by atoms with E-state index in [1.807, 2.05) is 17.5 Å². The highest BCUT2D eigenvalue weighted by Crippen LogP contribution is 2.41. The van der Waals surface area contributed by atoms with Crippen LogP contribution in [0.15, 0.2) is 17.5 Å². The van der Waals surface area contributed by atoms with E-state index in [0.29, 0.717) is 19.6 Å². The number of ether oxygens (including phenoxy) is 1. The van der Waals surface area contributed by atoms with E-state index in [9.17, 15) is 5.11 Å². The van der Waals surface area contributed by atoms with Crippen LogP contribution in [0, 0.1) is 16.7 Å². The highest BCUT2D eigenvalue weighted by molar-refractivity contribution is 7.10. The Balaban J connectivity index is 2.25. The van der Waals surface area contributed by atoms with Crippen LogP contribution in [0.4, 0.5) is 0 Å². The predicted octanol–water partition coefficient (Wildman–Crippen LogP) is 1.71. The average Bonchev–Trinajstić information content (AvgIpc) is 2.89. The monoisotopic (exact) mass is 209 g/mol. The van der Waals surface area contributed by atoms with E-state index in [2.05, 4.69) is 6.07 Å². The van der Waals surface area contributed by atoms with E-state index in [1.54, 1.807) is 0 Å². The van der Waals surface area contributed by atoms with E-state index in [1.165, 1.54) is 11.3 Å². The molecule has 2 rings (SSSR count). The Labute approximate surface area is 86.6 Å². The molecule has 1 saturated heterocycles. The van der Waals surface area contributed by atoms with Gasteiger partial charge in [0, 0.05) is 11.5 Å². The summed E-state index contributed by atoms with van der Waals surface area (Å²) in [4.78, 5) is 0.844. The lowest BCUT2D eigenvalue weighted by molar-refractivity contribution is 0.0530. The van der Waals surface area contributed by atoms with Crippen LogP contribution in [0.25, 0.3) is 0 Å². The minimum atomic E-state index is -0.731. The van der Waals surface area contributed by atoms with Gasteiger partial charge in [0.1, 0.15) is 11.5 Å². The SMILES string of the molecule is N#CC1(C(O)c2cccs2)CCOC1. The first-order valence-corrected chi connectivity index (χ1v) is 5.37. The van der Waals surface area contributed by atoms with Gasteiger partial charge in [-0.25, -0.2) is 0 Å². The lowest BCUT2D eigenvalue weighted by Gasteiger charge is -2.24. The largest absolute Gasteiger partial charge is 0.386 e. The summed E-state index contributed by atoms with van der Waals surface area (Å²) in [6.45, 7) is 0.901. The molecule has 2 unspecified atom stereocenters. The van der Waals surface area contributed by atoms with Gasteiger partial charge < -0.3 is 9.84 Å². The van der Waals surface area contributed by atoms with Crippen molar-refractivity contribution in [2.45, 2.75) is 12.5 Å². The third-order valence-corrected chi connectivity index (χ3v) is 3.54. The molecule has 14 heavy (non-hydrogen) atoms. The van der Waals surface area contributed by atoms with Crippen molar-refractivity contribution in [3.05, 3.63) is 22.4 Å². The van der Waals surface area contributed by atoms with Crippen LogP contribution in [0.1, 0.15) is 17.4 Å². The number of hydrogen-bond acceptors (Lipinski definition) is 4. The Morgan fingerprint density at radius 3 is 3.07 bits per heavy atom. The van der Waals surface area contributed by atoms with Crippen molar-refractivity contribution in [1.82, 2.24) is 0 Å². The summed E-state index contributed by atoms with van der Waals surface area (Å²) in [6, 6.07) is 5.93. The molecule has 1 fully saturated rings. The minimum absolute atomic E-state index is 0.336. The Morgan fingerprint density at radius 2 is 2.57 bits per heavy atom. The van der Waals surface area contributed by atoms with Crippen LogP contribution in [0.3, 0.4) is 0 Å². The van der Waals surface area contributed by atoms with Gasteiger partial charge in [-0.15, -0.1) is 11.3 Å². The zero-order chi connectivity index (χ0) is 10.0. The molecule has 0 amide bonds. The molecule has 1 aromatic heterocycles. The number of rotatable bonds is 2. The first kappa shape index (κ1) is 9.66. The first-order chi connectivity index (χ1) is 6.78. The lowest BCUT2D eigenvalue weighted by Crippen LogP contribution is -2.27. The van der Waals surface area contributed by atoms with Gasteiger partial charge in [0.05, 0.1) is 12.7 Å². The van der Waals surface area contributed by atoms with Gasteiger partial charge in [0.25, 0.3) is 0 Å². The molecular formula is C10H11NO2S. The van der Waals surface area contributed by atoms with Crippen molar-refractivity contribution in [3.8, 4) is 6.07 Å². The molecule has 1 aliphatic heterocycles. The quantitative estimate of drug-likeness (QED) is 0.806. The molecule has 0 aromatic carbocycles. The second-order valence-electron chi connectivity index (χ2n) is 3.49. The number of nitrogens with zero attached hydrogens (tertiary/aromatic N) is 1. The van der Waals surface area contributed by atoms with Gasteiger partial charge in [0.2, 0.25) is 0 Å². The van der Waals surface area contributed by atoms with E-state index < -0.39 is 11.5 Å². The van der Waals surface area contributed by atoms with Crippen molar-refractivity contribution in [2.24, 2.45) is 5.41 Å². The zero-order valence-electron chi connectivity index (χ0n) is 7.64. The minimum Gasteiger partial charge on any atom is -0.386 e. The summed E-state index contributed by atoms with van der Waals surface area (Å²) in [7, 11) is 0. The standard InChI is InChI=1S/C10H11NO2S/c11-6-10(3-4-13-7-10)9(12)8-2-1-5-14-8/h1-2,5,9,12H,3-4,7H2. The van der Waals surface area contributed by atoms with Crippen molar-refractivity contribution in [3.63, 3.8) is 0 Å².